The maximum Gasteiger partial charge on any atom is 0.311 e. The summed E-state index contributed by atoms with van der Waals surface area (Å²) in [7, 11) is -1.35. The van der Waals surface area contributed by atoms with Crippen LogP contribution < -0.4 is 0 Å². The van der Waals surface area contributed by atoms with Crippen LogP contribution in [0.5, 0.6) is 0 Å². The van der Waals surface area contributed by atoms with Crippen LogP contribution in [0.2, 0.25) is 0 Å². The first-order chi connectivity index (χ1) is 8.08. The number of hydrogen-bond acceptors (Lipinski definition) is 6. The fourth-order valence-corrected chi connectivity index (χ4v) is 1.55. The van der Waals surface area contributed by atoms with E-state index in [-0.39, 0.29) is 29.4 Å². The predicted molar refractivity (Wildman–Crippen MR) is 59.4 cm³/mol. The molecule has 1 atom stereocenters. The van der Waals surface area contributed by atoms with E-state index in [1.165, 1.54) is 12.5 Å². The number of nitriles is 1. The molecule has 0 aromatic carbocycles. The SMILES string of the molecule is CCOC(=O)Cc1nc(S(C)=O)ncc1C#N. The lowest BCUT2D eigenvalue weighted by Gasteiger charge is -2.04. The minimum Gasteiger partial charge on any atom is -0.466 e. The van der Waals surface area contributed by atoms with Crippen LogP contribution in [0.1, 0.15) is 18.2 Å². The van der Waals surface area contributed by atoms with Crippen molar-refractivity contribution in [3.8, 4) is 6.07 Å². The molecule has 0 spiro atoms. The van der Waals surface area contributed by atoms with Gasteiger partial charge in [-0.25, -0.2) is 9.97 Å². The standard InChI is InChI=1S/C10H11N3O3S/c1-3-16-9(14)4-8-7(5-11)6-12-10(13-8)17(2)15/h6H,3-4H2,1-2H3. The molecule has 0 bridgehead atoms. The first-order valence-corrected chi connectivity index (χ1v) is 6.39. The van der Waals surface area contributed by atoms with Crippen molar-refractivity contribution in [2.75, 3.05) is 12.9 Å². The van der Waals surface area contributed by atoms with Crippen LogP contribution >= 0.6 is 0 Å². The van der Waals surface area contributed by atoms with Crippen molar-refractivity contribution in [2.45, 2.75) is 18.5 Å². The van der Waals surface area contributed by atoms with E-state index in [2.05, 4.69) is 9.97 Å². The molecule has 6 nitrogen and oxygen atoms in total. The molecule has 0 aliphatic heterocycles. The average molecular weight is 253 g/mol. The minimum absolute atomic E-state index is 0.100. The largest absolute Gasteiger partial charge is 0.466 e. The van der Waals surface area contributed by atoms with Gasteiger partial charge in [0.2, 0.25) is 5.16 Å². The summed E-state index contributed by atoms with van der Waals surface area (Å²) < 4.78 is 16.0. The third kappa shape index (κ3) is 3.60. The van der Waals surface area contributed by atoms with E-state index in [1.807, 2.05) is 6.07 Å². The Hall–Kier alpha value is -1.81. The van der Waals surface area contributed by atoms with Gasteiger partial charge < -0.3 is 4.74 Å². The first-order valence-electron chi connectivity index (χ1n) is 4.83. The molecule has 0 aliphatic rings. The summed E-state index contributed by atoms with van der Waals surface area (Å²) >= 11 is 0. The molecule has 0 amide bonds. The van der Waals surface area contributed by atoms with Crippen molar-refractivity contribution in [3.63, 3.8) is 0 Å². The van der Waals surface area contributed by atoms with E-state index >= 15 is 0 Å². The smallest absolute Gasteiger partial charge is 0.311 e. The molecule has 1 unspecified atom stereocenters. The highest BCUT2D eigenvalue weighted by Crippen LogP contribution is 2.07. The minimum atomic E-state index is -1.35. The van der Waals surface area contributed by atoms with Crippen LogP contribution in [0, 0.1) is 11.3 Å². The van der Waals surface area contributed by atoms with Gasteiger partial charge in [-0.05, 0) is 6.92 Å². The highest BCUT2D eigenvalue weighted by Gasteiger charge is 2.13. The van der Waals surface area contributed by atoms with E-state index in [9.17, 15) is 9.00 Å². The molecule has 1 aromatic rings. The van der Waals surface area contributed by atoms with Gasteiger partial charge >= 0.3 is 5.97 Å². The van der Waals surface area contributed by atoms with Gasteiger partial charge in [0.1, 0.15) is 6.07 Å². The fourth-order valence-electron chi connectivity index (χ4n) is 1.11. The molecular formula is C10H11N3O3S. The van der Waals surface area contributed by atoms with Crippen molar-refractivity contribution >= 4 is 16.8 Å². The quantitative estimate of drug-likeness (QED) is 0.561. The Morgan fingerprint density at radius 1 is 1.65 bits per heavy atom. The lowest BCUT2D eigenvalue weighted by Crippen LogP contribution is -2.12. The lowest BCUT2D eigenvalue weighted by atomic mass is 10.2. The Kier molecular flexibility index (Phi) is 4.72. The number of carbonyl (C=O) groups excluding carboxylic acids is 1. The van der Waals surface area contributed by atoms with Crippen LogP contribution in [0.15, 0.2) is 11.4 Å². The molecule has 0 fully saturated rings. The zero-order chi connectivity index (χ0) is 12.8. The summed E-state index contributed by atoms with van der Waals surface area (Å²) in [5, 5.41) is 8.93. The molecule has 0 saturated heterocycles. The third-order valence-corrected chi connectivity index (χ3v) is 2.55. The molecule has 7 heteroatoms. The molecule has 17 heavy (non-hydrogen) atoms. The summed E-state index contributed by atoms with van der Waals surface area (Å²) in [5.74, 6) is -0.476. The van der Waals surface area contributed by atoms with E-state index < -0.39 is 16.8 Å². The van der Waals surface area contributed by atoms with Crippen LogP contribution in [0.3, 0.4) is 0 Å². The molecule has 1 rings (SSSR count). The molecule has 0 saturated carbocycles. The number of nitrogens with zero attached hydrogens (tertiary/aromatic N) is 3. The van der Waals surface area contributed by atoms with Crippen molar-refractivity contribution in [1.82, 2.24) is 9.97 Å². The van der Waals surface area contributed by atoms with Gasteiger partial charge in [0, 0.05) is 12.5 Å². The summed E-state index contributed by atoms with van der Waals surface area (Å²) in [6.45, 7) is 1.95. The van der Waals surface area contributed by atoms with E-state index in [0.29, 0.717) is 0 Å². The Morgan fingerprint density at radius 2 is 2.35 bits per heavy atom. The first kappa shape index (κ1) is 13.3. The van der Waals surface area contributed by atoms with Crippen LogP contribution in [-0.2, 0) is 26.8 Å². The van der Waals surface area contributed by atoms with Gasteiger partial charge in [0.25, 0.3) is 0 Å². The second kappa shape index (κ2) is 6.06. The molecular weight excluding hydrogens is 242 g/mol. The zero-order valence-electron chi connectivity index (χ0n) is 9.47. The van der Waals surface area contributed by atoms with Gasteiger partial charge in [-0.15, -0.1) is 0 Å². The Balaban J connectivity index is 3.03. The Bertz CT molecular complexity index is 496. The average Bonchev–Trinajstić information content (AvgIpc) is 2.29. The molecule has 1 aromatic heterocycles. The summed E-state index contributed by atoms with van der Waals surface area (Å²) in [5.41, 5.74) is 0.429. The predicted octanol–water partition coefficient (Wildman–Crippen LogP) is 0.191. The van der Waals surface area contributed by atoms with Crippen molar-refractivity contribution in [2.24, 2.45) is 0 Å². The fraction of sp³-hybridized carbons (Fsp3) is 0.400. The topological polar surface area (TPSA) is 92.9 Å². The Labute approximate surface area is 101 Å². The maximum absolute atomic E-state index is 11.3. The van der Waals surface area contributed by atoms with E-state index in [0.717, 1.165) is 0 Å². The number of esters is 1. The second-order valence-corrected chi connectivity index (χ2v) is 4.33. The number of aromatic nitrogens is 2. The second-order valence-electron chi connectivity index (χ2n) is 3.06. The van der Waals surface area contributed by atoms with Gasteiger partial charge in [-0.3, -0.25) is 9.00 Å². The molecule has 90 valence electrons. The number of ether oxygens (including phenoxy) is 1. The van der Waals surface area contributed by atoms with E-state index in [4.69, 9.17) is 10.00 Å². The molecule has 0 radical (unpaired) electrons. The van der Waals surface area contributed by atoms with Crippen molar-refractivity contribution in [1.29, 1.82) is 5.26 Å². The van der Waals surface area contributed by atoms with Gasteiger partial charge in [-0.1, -0.05) is 0 Å². The highest BCUT2D eigenvalue weighted by molar-refractivity contribution is 7.84. The lowest BCUT2D eigenvalue weighted by molar-refractivity contribution is -0.142. The van der Waals surface area contributed by atoms with E-state index in [1.54, 1.807) is 6.92 Å². The normalized spacial score (nSPS) is 11.6. The van der Waals surface area contributed by atoms with Crippen molar-refractivity contribution in [3.05, 3.63) is 17.5 Å². The highest BCUT2D eigenvalue weighted by atomic mass is 32.2. The van der Waals surface area contributed by atoms with Gasteiger partial charge in [0.05, 0.1) is 35.1 Å². The number of carbonyl (C=O) groups is 1. The monoisotopic (exact) mass is 253 g/mol. The van der Waals surface area contributed by atoms with Crippen LogP contribution in [0.4, 0.5) is 0 Å². The van der Waals surface area contributed by atoms with Gasteiger partial charge in [-0.2, -0.15) is 5.26 Å². The summed E-state index contributed by atoms with van der Waals surface area (Å²) in [6, 6.07) is 1.88. The molecule has 1 heterocycles. The van der Waals surface area contributed by atoms with Gasteiger partial charge in [0.15, 0.2) is 0 Å². The van der Waals surface area contributed by atoms with Crippen LogP contribution in [0.25, 0.3) is 0 Å². The molecule has 0 aliphatic carbocycles. The summed E-state index contributed by atoms with van der Waals surface area (Å²) in [4.78, 5) is 19.0. The number of rotatable bonds is 4. The Morgan fingerprint density at radius 3 is 2.88 bits per heavy atom. The number of hydrogen-bond donors (Lipinski definition) is 0. The van der Waals surface area contributed by atoms with Crippen molar-refractivity contribution < 1.29 is 13.7 Å². The molecule has 0 N–H and O–H groups in total. The van der Waals surface area contributed by atoms with Crippen LogP contribution in [-0.4, -0.2) is 33.0 Å². The summed E-state index contributed by atoms with van der Waals surface area (Å²) in [6.07, 6.45) is 2.57. The maximum atomic E-state index is 11.3. The zero-order valence-corrected chi connectivity index (χ0v) is 10.3. The third-order valence-electron chi connectivity index (χ3n) is 1.84.